The Labute approximate surface area is 171 Å². The van der Waals surface area contributed by atoms with Gasteiger partial charge in [-0.15, -0.1) is 0 Å². The molecule has 2 amide bonds. The summed E-state index contributed by atoms with van der Waals surface area (Å²) in [6, 6.07) is 23.8. The number of hydrazine groups is 1. The second kappa shape index (κ2) is 8.62. The third-order valence-electron chi connectivity index (χ3n) is 4.32. The van der Waals surface area contributed by atoms with Crippen molar-refractivity contribution in [1.29, 1.82) is 0 Å². The summed E-state index contributed by atoms with van der Waals surface area (Å²) in [5, 5.41) is 0.791. The van der Waals surface area contributed by atoms with E-state index in [2.05, 4.69) is 20.8 Å². The van der Waals surface area contributed by atoms with Crippen LogP contribution in [-0.2, 0) is 5.75 Å². The maximum Gasteiger partial charge on any atom is 0.270 e. The van der Waals surface area contributed by atoms with Gasteiger partial charge in [0.05, 0.1) is 11.0 Å². The lowest BCUT2D eigenvalue weighted by Gasteiger charge is -2.10. The van der Waals surface area contributed by atoms with Gasteiger partial charge in [-0.25, -0.2) is 4.98 Å². The molecule has 0 radical (unpaired) electrons. The molecule has 0 fully saturated rings. The zero-order chi connectivity index (χ0) is 20.1. The lowest BCUT2D eigenvalue weighted by Crippen LogP contribution is -2.41. The third-order valence-corrected chi connectivity index (χ3v) is 5.24. The summed E-state index contributed by atoms with van der Waals surface area (Å²) in [6.07, 6.45) is 0. The van der Waals surface area contributed by atoms with Gasteiger partial charge in [0, 0.05) is 16.9 Å². The quantitative estimate of drug-likeness (QED) is 0.349. The number of rotatable bonds is 5. The molecule has 0 saturated carbocycles. The molecule has 0 aliphatic carbocycles. The fraction of sp³-hybridized carbons (Fsp3) is 0.0455. The number of hydrogen-bond acceptors (Lipinski definition) is 4. The van der Waals surface area contributed by atoms with Crippen molar-refractivity contribution in [3.8, 4) is 0 Å². The van der Waals surface area contributed by atoms with E-state index in [1.54, 1.807) is 36.4 Å². The summed E-state index contributed by atoms with van der Waals surface area (Å²) >= 11 is 1.52. The zero-order valence-corrected chi connectivity index (χ0v) is 16.2. The number of hydrogen-bond donors (Lipinski definition) is 3. The van der Waals surface area contributed by atoms with Gasteiger partial charge in [-0.1, -0.05) is 60.3 Å². The van der Waals surface area contributed by atoms with E-state index in [4.69, 9.17) is 0 Å². The molecule has 3 aromatic carbocycles. The number of nitrogens with one attached hydrogen (secondary N) is 3. The highest BCUT2D eigenvalue weighted by molar-refractivity contribution is 7.98. The summed E-state index contributed by atoms with van der Waals surface area (Å²) in [5.74, 6) is -0.168. The predicted molar refractivity (Wildman–Crippen MR) is 113 cm³/mol. The second-order valence-electron chi connectivity index (χ2n) is 6.28. The molecule has 7 heteroatoms. The number of fused-ring (bicyclic) bond motifs is 1. The predicted octanol–water partition coefficient (Wildman–Crippen LogP) is 3.93. The molecule has 0 unspecified atom stereocenters. The average molecular weight is 402 g/mol. The second-order valence-corrected chi connectivity index (χ2v) is 7.24. The van der Waals surface area contributed by atoms with E-state index in [1.165, 1.54) is 11.8 Å². The maximum atomic E-state index is 12.6. The van der Waals surface area contributed by atoms with Gasteiger partial charge in [0.15, 0.2) is 5.16 Å². The van der Waals surface area contributed by atoms with Crippen molar-refractivity contribution in [2.45, 2.75) is 10.9 Å². The number of aromatic nitrogens is 2. The molecule has 4 rings (SSSR count). The van der Waals surface area contributed by atoms with E-state index in [-0.39, 0.29) is 11.8 Å². The van der Waals surface area contributed by atoms with Crippen molar-refractivity contribution in [1.82, 2.24) is 20.8 Å². The first-order valence-electron chi connectivity index (χ1n) is 9.02. The number of carbonyl (C=O) groups is 2. The molecule has 0 saturated heterocycles. The first-order valence-corrected chi connectivity index (χ1v) is 10.0. The summed E-state index contributed by atoms with van der Waals surface area (Å²) in [7, 11) is 0. The highest BCUT2D eigenvalue weighted by Gasteiger charge is 2.13. The summed E-state index contributed by atoms with van der Waals surface area (Å²) in [4.78, 5) is 32.5. The van der Waals surface area contributed by atoms with Crippen LogP contribution in [0.5, 0.6) is 0 Å². The van der Waals surface area contributed by atoms with E-state index < -0.39 is 0 Å². The minimum atomic E-state index is -0.368. The molecule has 0 aliphatic heterocycles. The molecular weight excluding hydrogens is 384 g/mol. The fourth-order valence-corrected chi connectivity index (χ4v) is 3.74. The van der Waals surface area contributed by atoms with Crippen molar-refractivity contribution in [3.05, 3.63) is 95.6 Å². The van der Waals surface area contributed by atoms with Gasteiger partial charge in [0.25, 0.3) is 11.8 Å². The van der Waals surface area contributed by atoms with E-state index >= 15 is 0 Å². The summed E-state index contributed by atoms with van der Waals surface area (Å²) in [5.41, 5.74) is 8.65. The standard InChI is InChI=1S/C22H18N4O2S/c27-20(15-8-2-1-3-9-15)25-26-21(28)17-11-5-4-10-16(17)14-29-22-23-18-12-6-7-13-19(18)24-22/h1-13H,14H2,(H,23,24)(H,25,27)(H,26,28). The molecule has 0 atom stereocenters. The minimum absolute atomic E-state index is 0.366. The Hall–Kier alpha value is -3.58. The van der Waals surface area contributed by atoms with Gasteiger partial charge in [-0.3, -0.25) is 20.4 Å². The van der Waals surface area contributed by atoms with Gasteiger partial charge in [-0.2, -0.15) is 0 Å². The van der Waals surface area contributed by atoms with Gasteiger partial charge < -0.3 is 4.98 Å². The highest BCUT2D eigenvalue weighted by Crippen LogP contribution is 2.24. The molecule has 0 aliphatic rings. The molecule has 3 N–H and O–H groups in total. The molecule has 4 aromatic rings. The molecule has 1 heterocycles. The summed E-state index contributed by atoms with van der Waals surface area (Å²) in [6.45, 7) is 0. The number of nitrogens with zero attached hydrogens (tertiary/aromatic N) is 1. The summed E-state index contributed by atoms with van der Waals surface area (Å²) < 4.78 is 0. The number of H-pyrrole nitrogens is 1. The molecule has 144 valence electrons. The van der Waals surface area contributed by atoms with Crippen LogP contribution in [0, 0.1) is 0 Å². The zero-order valence-electron chi connectivity index (χ0n) is 15.4. The Morgan fingerprint density at radius 3 is 2.34 bits per heavy atom. The van der Waals surface area contributed by atoms with E-state index in [0.717, 1.165) is 21.8 Å². The number of imidazole rings is 1. The van der Waals surface area contributed by atoms with Crippen LogP contribution >= 0.6 is 11.8 Å². The van der Waals surface area contributed by atoms with Gasteiger partial charge in [0.2, 0.25) is 0 Å². The van der Waals surface area contributed by atoms with Crippen LogP contribution in [0.4, 0.5) is 0 Å². The number of aromatic amines is 1. The van der Waals surface area contributed by atoms with Crippen molar-refractivity contribution < 1.29 is 9.59 Å². The Bertz CT molecular complexity index is 1120. The normalized spacial score (nSPS) is 10.6. The average Bonchev–Trinajstić information content (AvgIpc) is 3.19. The Kier molecular flexibility index (Phi) is 5.58. The topological polar surface area (TPSA) is 86.9 Å². The van der Waals surface area contributed by atoms with Crippen LogP contribution in [-0.4, -0.2) is 21.8 Å². The maximum absolute atomic E-state index is 12.6. The number of para-hydroxylation sites is 2. The van der Waals surface area contributed by atoms with E-state index in [9.17, 15) is 9.59 Å². The lowest BCUT2D eigenvalue weighted by atomic mass is 10.1. The third kappa shape index (κ3) is 4.47. The van der Waals surface area contributed by atoms with E-state index in [1.807, 2.05) is 42.5 Å². The number of carbonyl (C=O) groups excluding carboxylic acids is 2. The largest absolute Gasteiger partial charge is 0.333 e. The number of thioether (sulfide) groups is 1. The van der Waals surface area contributed by atoms with Crippen LogP contribution in [0.3, 0.4) is 0 Å². The highest BCUT2D eigenvalue weighted by atomic mass is 32.2. The van der Waals surface area contributed by atoms with Gasteiger partial charge in [-0.05, 0) is 35.9 Å². The van der Waals surface area contributed by atoms with Crippen LogP contribution in [0.1, 0.15) is 26.3 Å². The first-order chi connectivity index (χ1) is 14.2. The van der Waals surface area contributed by atoms with Crippen LogP contribution in [0.15, 0.2) is 84.0 Å². The van der Waals surface area contributed by atoms with Gasteiger partial charge >= 0.3 is 0 Å². The Morgan fingerprint density at radius 1 is 0.828 bits per heavy atom. The lowest BCUT2D eigenvalue weighted by molar-refractivity contribution is 0.0846. The molecular formula is C22H18N4O2S. The van der Waals surface area contributed by atoms with Crippen molar-refractivity contribution in [3.63, 3.8) is 0 Å². The molecule has 0 bridgehead atoms. The van der Waals surface area contributed by atoms with Gasteiger partial charge in [0.1, 0.15) is 0 Å². The first kappa shape index (κ1) is 18.8. The number of amides is 2. The SMILES string of the molecule is O=C(NNC(=O)c1ccccc1CSc1nc2ccccc2[nH]1)c1ccccc1. The van der Waals surface area contributed by atoms with E-state index in [0.29, 0.717) is 16.9 Å². The molecule has 29 heavy (non-hydrogen) atoms. The Morgan fingerprint density at radius 2 is 1.52 bits per heavy atom. The molecule has 0 spiro atoms. The smallest absolute Gasteiger partial charge is 0.270 e. The fourth-order valence-electron chi connectivity index (χ4n) is 2.85. The van der Waals surface area contributed by atoms with Crippen molar-refractivity contribution in [2.75, 3.05) is 0 Å². The van der Waals surface area contributed by atoms with Crippen molar-refractivity contribution in [2.24, 2.45) is 0 Å². The Balaban J connectivity index is 1.42. The van der Waals surface area contributed by atoms with Crippen LogP contribution < -0.4 is 10.9 Å². The molecule has 6 nitrogen and oxygen atoms in total. The van der Waals surface area contributed by atoms with Crippen LogP contribution in [0.2, 0.25) is 0 Å². The number of benzene rings is 3. The molecule has 1 aromatic heterocycles. The van der Waals surface area contributed by atoms with Crippen LogP contribution in [0.25, 0.3) is 11.0 Å². The minimum Gasteiger partial charge on any atom is -0.333 e. The van der Waals surface area contributed by atoms with Crippen molar-refractivity contribution >= 4 is 34.6 Å². The monoisotopic (exact) mass is 402 g/mol.